The average Bonchev–Trinajstić information content (AvgIpc) is 2.96. The van der Waals surface area contributed by atoms with Gasteiger partial charge in [0.1, 0.15) is 11.9 Å². The Kier molecular flexibility index (Phi) is 5.99. The maximum absolute atomic E-state index is 13.2. The van der Waals surface area contributed by atoms with Gasteiger partial charge in [0.05, 0.1) is 17.8 Å². The molecule has 1 aromatic carbocycles. The first-order chi connectivity index (χ1) is 15.0. The van der Waals surface area contributed by atoms with Crippen LogP contribution in [0.5, 0.6) is 0 Å². The minimum Gasteiger partial charge on any atom is -0.354 e. The molecule has 0 N–H and O–H groups in total. The molecule has 0 saturated carbocycles. The summed E-state index contributed by atoms with van der Waals surface area (Å²) >= 11 is 0. The predicted octanol–water partition coefficient (Wildman–Crippen LogP) is 3.17. The number of pyridine rings is 1. The average molecular weight is 415 g/mol. The van der Waals surface area contributed by atoms with Crippen LogP contribution in [-0.2, 0) is 6.54 Å². The number of carbonyl (C=O) groups is 1. The maximum atomic E-state index is 13.2. The van der Waals surface area contributed by atoms with Crippen molar-refractivity contribution in [2.24, 2.45) is 0 Å². The number of nitrogens with zero attached hydrogens (tertiary/aromatic N) is 6. The molecule has 3 aromatic rings. The molecule has 4 rings (SSSR count). The quantitative estimate of drug-likeness (QED) is 0.655. The standard InChI is InChI=1S/C24H26N6O/c1-18-14-19(2)30(27-18)17-20-6-3-7-21(15-20)24(31)29-11-5-10-28(12-13-29)23-22(16-25)8-4-9-26-23/h3-4,6-9,14-15H,5,10-13,17H2,1-2H3. The fourth-order valence-corrected chi connectivity index (χ4v) is 4.06. The molecule has 1 aliphatic rings. The number of carbonyl (C=O) groups excluding carboxylic acids is 1. The van der Waals surface area contributed by atoms with Crippen molar-refractivity contribution in [1.82, 2.24) is 19.7 Å². The van der Waals surface area contributed by atoms with Crippen molar-refractivity contribution in [3.63, 3.8) is 0 Å². The highest BCUT2D eigenvalue weighted by atomic mass is 16.2. The molecule has 0 radical (unpaired) electrons. The fraction of sp³-hybridized carbons (Fsp3) is 0.333. The molecule has 1 aliphatic heterocycles. The number of benzene rings is 1. The number of hydrogen-bond donors (Lipinski definition) is 0. The summed E-state index contributed by atoms with van der Waals surface area (Å²) < 4.78 is 1.96. The van der Waals surface area contributed by atoms with E-state index in [0.29, 0.717) is 43.1 Å². The molecule has 7 heteroatoms. The molecule has 0 aliphatic carbocycles. The van der Waals surface area contributed by atoms with Gasteiger partial charge in [-0.1, -0.05) is 12.1 Å². The van der Waals surface area contributed by atoms with E-state index in [2.05, 4.69) is 27.1 Å². The molecule has 1 saturated heterocycles. The first-order valence-corrected chi connectivity index (χ1v) is 10.5. The first-order valence-electron chi connectivity index (χ1n) is 10.5. The lowest BCUT2D eigenvalue weighted by atomic mass is 10.1. The molecule has 3 heterocycles. The third kappa shape index (κ3) is 4.58. The Morgan fingerprint density at radius 3 is 2.74 bits per heavy atom. The lowest BCUT2D eigenvalue weighted by Gasteiger charge is -2.23. The van der Waals surface area contributed by atoms with Crippen molar-refractivity contribution in [2.45, 2.75) is 26.8 Å². The van der Waals surface area contributed by atoms with Gasteiger partial charge in [0.15, 0.2) is 0 Å². The Balaban J connectivity index is 1.46. The third-order valence-electron chi connectivity index (χ3n) is 5.60. The van der Waals surface area contributed by atoms with Crippen molar-refractivity contribution in [3.05, 3.63) is 76.7 Å². The van der Waals surface area contributed by atoms with Crippen LogP contribution in [0.3, 0.4) is 0 Å². The number of aromatic nitrogens is 3. The van der Waals surface area contributed by atoms with Gasteiger partial charge in [-0.3, -0.25) is 9.48 Å². The topological polar surface area (TPSA) is 78.0 Å². The van der Waals surface area contributed by atoms with E-state index < -0.39 is 0 Å². The highest BCUT2D eigenvalue weighted by molar-refractivity contribution is 5.94. The Hall–Kier alpha value is -3.66. The predicted molar refractivity (Wildman–Crippen MR) is 119 cm³/mol. The molecule has 0 bridgehead atoms. The van der Waals surface area contributed by atoms with Crippen LogP contribution in [0.2, 0.25) is 0 Å². The summed E-state index contributed by atoms with van der Waals surface area (Å²) in [4.78, 5) is 21.6. The minimum absolute atomic E-state index is 0.0404. The van der Waals surface area contributed by atoms with Gasteiger partial charge in [0.2, 0.25) is 0 Å². The number of amides is 1. The number of anilines is 1. The normalized spacial score (nSPS) is 14.2. The van der Waals surface area contributed by atoms with Gasteiger partial charge in [-0.2, -0.15) is 10.4 Å². The van der Waals surface area contributed by atoms with Gasteiger partial charge in [0, 0.05) is 43.6 Å². The highest BCUT2D eigenvalue weighted by Gasteiger charge is 2.22. The molecule has 1 amide bonds. The Bertz CT molecular complexity index is 1130. The zero-order chi connectivity index (χ0) is 21.8. The molecular formula is C24H26N6O. The second-order valence-electron chi connectivity index (χ2n) is 7.90. The van der Waals surface area contributed by atoms with Crippen molar-refractivity contribution >= 4 is 11.7 Å². The molecule has 31 heavy (non-hydrogen) atoms. The zero-order valence-corrected chi connectivity index (χ0v) is 18.0. The molecule has 158 valence electrons. The smallest absolute Gasteiger partial charge is 0.253 e. The molecule has 0 spiro atoms. The summed E-state index contributed by atoms with van der Waals surface area (Å²) in [5, 5.41) is 13.9. The van der Waals surface area contributed by atoms with E-state index in [-0.39, 0.29) is 5.91 Å². The monoisotopic (exact) mass is 414 g/mol. The molecule has 0 atom stereocenters. The molecular weight excluding hydrogens is 388 g/mol. The molecule has 1 fully saturated rings. The van der Waals surface area contributed by atoms with Crippen molar-refractivity contribution in [2.75, 3.05) is 31.1 Å². The van der Waals surface area contributed by atoms with Crippen LogP contribution in [0.4, 0.5) is 5.82 Å². The summed E-state index contributed by atoms with van der Waals surface area (Å²) in [6.07, 6.45) is 2.54. The summed E-state index contributed by atoms with van der Waals surface area (Å²) in [6, 6.07) is 15.6. The van der Waals surface area contributed by atoms with Crippen LogP contribution in [0, 0.1) is 25.2 Å². The highest BCUT2D eigenvalue weighted by Crippen LogP contribution is 2.19. The van der Waals surface area contributed by atoms with Crippen LogP contribution >= 0.6 is 0 Å². The summed E-state index contributed by atoms with van der Waals surface area (Å²) in [5.74, 6) is 0.741. The minimum atomic E-state index is 0.0404. The van der Waals surface area contributed by atoms with Crippen molar-refractivity contribution < 1.29 is 4.79 Å². The van der Waals surface area contributed by atoms with Gasteiger partial charge < -0.3 is 9.80 Å². The zero-order valence-electron chi connectivity index (χ0n) is 18.0. The van der Waals surface area contributed by atoms with Gasteiger partial charge in [-0.05, 0) is 56.2 Å². The fourth-order valence-electron chi connectivity index (χ4n) is 4.06. The van der Waals surface area contributed by atoms with Crippen molar-refractivity contribution in [3.8, 4) is 6.07 Å². The van der Waals surface area contributed by atoms with E-state index in [0.717, 1.165) is 29.9 Å². The second kappa shape index (κ2) is 9.00. The van der Waals surface area contributed by atoms with Gasteiger partial charge in [0.25, 0.3) is 5.91 Å². The van der Waals surface area contributed by atoms with E-state index in [4.69, 9.17) is 0 Å². The van der Waals surface area contributed by atoms with E-state index in [1.807, 2.05) is 47.7 Å². The molecule has 0 unspecified atom stereocenters. The number of rotatable bonds is 4. The van der Waals surface area contributed by atoms with Gasteiger partial charge in [-0.25, -0.2) is 4.98 Å². The summed E-state index contributed by atoms with van der Waals surface area (Å²) in [6.45, 7) is 7.38. The SMILES string of the molecule is Cc1cc(C)n(Cc2cccc(C(=O)N3CCCN(c4ncccc4C#N)CC3)c2)n1. The van der Waals surface area contributed by atoms with E-state index in [9.17, 15) is 10.1 Å². The lowest BCUT2D eigenvalue weighted by Crippen LogP contribution is -2.35. The third-order valence-corrected chi connectivity index (χ3v) is 5.60. The van der Waals surface area contributed by atoms with E-state index >= 15 is 0 Å². The maximum Gasteiger partial charge on any atom is 0.253 e. The number of aryl methyl sites for hydroxylation is 2. The van der Waals surface area contributed by atoms with Crippen LogP contribution in [0.1, 0.15) is 39.3 Å². The molecule has 7 nitrogen and oxygen atoms in total. The van der Waals surface area contributed by atoms with E-state index in [1.165, 1.54) is 0 Å². The first kappa shape index (κ1) is 20.6. The van der Waals surface area contributed by atoms with Crippen LogP contribution in [0.25, 0.3) is 0 Å². The van der Waals surface area contributed by atoms with Crippen LogP contribution < -0.4 is 4.90 Å². The van der Waals surface area contributed by atoms with E-state index in [1.54, 1.807) is 18.3 Å². The Labute approximate surface area is 182 Å². The Morgan fingerprint density at radius 2 is 1.97 bits per heavy atom. The lowest BCUT2D eigenvalue weighted by molar-refractivity contribution is 0.0767. The Morgan fingerprint density at radius 1 is 1.10 bits per heavy atom. The van der Waals surface area contributed by atoms with Gasteiger partial charge in [-0.15, -0.1) is 0 Å². The second-order valence-corrected chi connectivity index (χ2v) is 7.90. The van der Waals surface area contributed by atoms with Crippen molar-refractivity contribution in [1.29, 1.82) is 5.26 Å². The van der Waals surface area contributed by atoms with Crippen LogP contribution in [0.15, 0.2) is 48.7 Å². The molecule has 2 aromatic heterocycles. The largest absolute Gasteiger partial charge is 0.354 e. The number of nitriles is 1. The summed E-state index contributed by atoms with van der Waals surface area (Å²) in [5.41, 5.74) is 4.42. The number of hydrogen-bond acceptors (Lipinski definition) is 5. The van der Waals surface area contributed by atoms with Crippen LogP contribution in [-0.4, -0.2) is 51.8 Å². The van der Waals surface area contributed by atoms with Gasteiger partial charge >= 0.3 is 0 Å². The summed E-state index contributed by atoms with van der Waals surface area (Å²) in [7, 11) is 0.